The van der Waals surface area contributed by atoms with Gasteiger partial charge >= 0.3 is 5.97 Å². The predicted molar refractivity (Wildman–Crippen MR) is 90.3 cm³/mol. The third-order valence-electron chi connectivity index (χ3n) is 2.39. The molecule has 0 radical (unpaired) electrons. The van der Waals surface area contributed by atoms with Crippen LogP contribution >= 0.6 is 12.4 Å². The number of hydrogen-bond donors (Lipinski definition) is 5. The minimum atomic E-state index is -1.00. The van der Waals surface area contributed by atoms with Gasteiger partial charge in [0, 0.05) is 24.4 Å². The summed E-state index contributed by atoms with van der Waals surface area (Å²) in [7, 11) is 0. The third kappa shape index (κ3) is 11.7. The Morgan fingerprint density at radius 2 is 1.83 bits per heavy atom. The van der Waals surface area contributed by atoms with Crippen molar-refractivity contribution in [1.29, 1.82) is 0 Å². The minimum Gasteiger partial charge on any atom is -0.480 e. The molecule has 0 heterocycles. The van der Waals surface area contributed by atoms with Crippen LogP contribution in [0.5, 0.6) is 0 Å². The van der Waals surface area contributed by atoms with Crippen LogP contribution in [-0.2, 0) is 4.79 Å². The van der Waals surface area contributed by atoms with E-state index in [1.165, 1.54) is 24.3 Å². The van der Waals surface area contributed by atoms with Crippen LogP contribution in [-0.4, -0.2) is 34.5 Å². The van der Waals surface area contributed by atoms with Gasteiger partial charge in [0.25, 0.3) is 5.69 Å². The van der Waals surface area contributed by atoms with Crippen molar-refractivity contribution in [2.75, 3.05) is 12.3 Å². The number of guanidine groups is 1. The summed E-state index contributed by atoms with van der Waals surface area (Å²) in [4.78, 5) is 23.5. The average molecular weight is 349 g/mol. The van der Waals surface area contributed by atoms with Gasteiger partial charge in [0.2, 0.25) is 0 Å². The maximum absolute atomic E-state index is 10.2. The van der Waals surface area contributed by atoms with Gasteiger partial charge in [-0.2, -0.15) is 0 Å². The van der Waals surface area contributed by atoms with Crippen LogP contribution < -0.4 is 22.9 Å². The van der Waals surface area contributed by atoms with Crippen molar-refractivity contribution in [1.82, 2.24) is 0 Å². The lowest BCUT2D eigenvalue weighted by Gasteiger charge is -2.03. The second kappa shape index (κ2) is 12.0. The monoisotopic (exact) mass is 348 g/mol. The number of carboxylic acid groups (broad SMARTS) is 1. The molecule has 23 heavy (non-hydrogen) atoms. The molecule has 0 aliphatic heterocycles. The first-order chi connectivity index (χ1) is 10.2. The van der Waals surface area contributed by atoms with Gasteiger partial charge in [-0.25, -0.2) is 0 Å². The average Bonchev–Trinajstić information content (AvgIpc) is 2.44. The Kier molecular flexibility index (Phi) is 11.8. The van der Waals surface area contributed by atoms with Crippen LogP contribution in [0.15, 0.2) is 29.3 Å². The fourth-order valence-corrected chi connectivity index (χ4v) is 1.24. The Morgan fingerprint density at radius 1 is 1.30 bits per heavy atom. The zero-order valence-electron chi connectivity index (χ0n) is 12.3. The number of carboxylic acids is 1. The molecule has 10 nitrogen and oxygen atoms in total. The van der Waals surface area contributed by atoms with Gasteiger partial charge in [0.05, 0.1) is 4.92 Å². The van der Waals surface area contributed by atoms with Crippen molar-refractivity contribution in [3.05, 3.63) is 34.4 Å². The van der Waals surface area contributed by atoms with Crippen LogP contribution in [0.2, 0.25) is 0 Å². The fourth-order valence-electron chi connectivity index (χ4n) is 1.24. The van der Waals surface area contributed by atoms with Crippen molar-refractivity contribution >= 4 is 35.7 Å². The van der Waals surface area contributed by atoms with Gasteiger partial charge in [-0.15, -0.1) is 12.4 Å². The largest absolute Gasteiger partial charge is 0.480 e. The van der Waals surface area contributed by atoms with E-state index in [2.05, 4.69) is 4.99 Å². The number of aliphatic imine (C=N–C) groups is 1. The van der Waals surface area contributed by atoms with E-state index in [9.17, 15) is 14.9 Å². The molecule has 0 spiro atoms. The number of rotatable bonds is 6. The SMILES string of the molecule is Cl.NC(N)=NCCC[C@H](N)C(=O)O.Nc1ccc([N+](=O)[O-])cc1. The zero-order chi connectivity index (χ0) is 17.1. The molecule has 130 valence electrons. The molecule has 0 saturated carbocycles. The lowest BCUT2D eigenvalue weighted by Crippen LogP contribution is -2.30. The van der Waals surface area contributed by atoms with Crippen LogP contribution in [0.1, 0.15) is 12.8 Å². The molecule has 9 N–H and O–H groups in total. The van der Waals surface area contributed by atoms with Crippen molar-refractivity contribution < 1.29 is 14.8 Å². The second-order valence-electron chi connectivity index (χ2n) is 4.24. The Hall–Kier alpha value is -2.59. The summed E-state index contributed by atoms with van der Waals surface area (Å²) < 4.78 is 0. The Labute approximate surface area is 139 Å². The van der Waals surface area contributed by atoms with Gasteiger partial charge in [0.15, 0.2) is 5.96 Å². The van der Waals surface area contributed by atoms with Crippen molar-refractivity contribution in [2.24, 2.45) is 22.2 Å². The van der Waals surface area contributed by atoms with E-state index in [1.807, 2.05) is 0 Å². The first-order valence-electron chi connectivity index (χ1n) is 6.27. The summed E-state index contributed by atoms with van der Waals surface area (Å²) in [5, 5.41) is 18.5. The van der Waals surface area contributed by atoms with E-state index in [4.69, 9.17) is 28.0 Å². The maximum atomic E-state index is 10.2. The molecule has 0 aromatic heterocycles. The number of nitro groups is 1. The number of nitrogens with zero attached hydrogens (tertiary/aromatic N) is 2. The topological polar surface area (TPSA) is 197 Å². The minimum absolute atomic E-state index is 0. The van der Waals surface area contributed by atoms with Crippen LogP contribution in [0.25, 0.3) is 0 Å². The molecule has 11 heteroatoms. The summed E-state index contributed by atoms with van der Waals surface area (Å²) in [6.45, 7) is 0.420. The summed E-state index contributed by atoms with van der Waals surface area (Å²) in [6.07, 6.45) is 0.956. The molecule has 0 aliphatic rings. The lowest BCUT2D eigenvalue weighted by atomic mass is 10.2. The molecule has 0 bridgehead atoms. The molecular weight excluding hydrogens is 328 g/mol. The number of halogens is 1. The van der Waals surface area contributed by atoms with Gasteiger partial charge in [-0.05, 0) is 25.0 Å². The molecule has 0 unspecified atom stereocenters. The van der Waals surface area contributed by atoms with Gasteiger partial charge in [-0.1, -0.05) is 0 Å². The number of anilines is 1. The van der Waals surface area contributed by atoms with Crippen LogP contribution in [0.4, 0.5) is 11.4 Å². The Bertz CT molecular complexity index is 519. The highest BCUT2D eigenvalue weighted by Gasteiger charge is 2.09. The number of nitrogen functional groups attached to an aromatic ring is 1. The van der Waals surface area contributed by atoms with Crippen molar-refractivity contribution in [3.8, 4) is 0 Å². The highest BCUT2D eigenvalue weighted by molar-refractivity contribution is 5.85. The number of non-ortho nitro benzene ring substituents is 1. The first kappa shape index (κ1) is 22.7. The van der Waals surface area contributed by atoms with Gasteiger partial charge < -0.3 is 28.0 Å². The second-order valence-corrected chi connectivity index (χ2v) is 4.24. The van der Waals surface area contributed by atoms with Crippen LogP contribution in [0.3, 0.4) is 0 Å². The van der Waals surface area contributed by atoms with Crippen molar-refractivity contribution in [2.45, 2.75) is 18.9 Å². The van der Waals surface area contributed by atoms with Gasteiger partial charge in [0.1, 0.15) is 6.04 Å². The van der Waals surface area contributed by atoms with Gasteiger partial charge in [-0.3, -0.25) is 19.9 Å². The third-order valence-corrected chi connectivity index (χ3v) is 2.39. The molecule has 0 fully saturated rings. The lowest BCUT2D eigenvalue weighted by molar-refractivity contribution is -0.384. The summed E-state index contributed by atoms with van der Waals surface area (Å²) in [6, 6.07) is 4.92. The molecule has 1 rings (SSSR count). The van der Waals surface area contributed by atoms with E-state index in [-0.39, 0.29) is 24.1 Å². The quantitative estimate of drug-likeness (QED) is 0.118. The normalized spacial score (nSPS) is 10.3. The number of carbonyl (C=O) groups is 1. The van der Waals surface area contributed by atoms with Crippen molar-refractivity contribution in [3.63, 3.8) is 0 Å². The summed E-state index contributed by atoms with van der Waals surface area (Å²) >= 11 is 0. The Morgan fingerprint density at radius 3 is 2.22 bits per heavy atom. The highest BCUT2D eigenvalue weighted by Crippen LogP contribution is 2.12. The molecule has 1 atom stereocenters. The van der Waals surface area contributed by atoms with E-state index in [1.54, 1.807) is 0 Å². The standard InChI is InChI=1S/C6H14N4O2.C6H6N2O2.ClH/c7-4(5(11)12)2-1-3-10-6(8)9;7-5-1-3-6(4-2-5)8(9)10;/h4H,1-3,7H2,(H,11,12)(H4,8,9,10);1-4H,7H2;1H/t4-;;/m0../s1. The van der Waals surface area contributed by atoms with E-state index >= 15 is 0 Å². The van der Waals surface area contributed by atoms with E-state index in [0.29, 0.717) is 25.1 Å². The first-order valence-corrected chi connectivity index (χ1v) is 6.27. The molecule has 1 aromatic rings. The van der Waals surface area contributed by atoms with E-state index < -0.39 is 16.9 Å². The highest BCUT2D eigenvalue weighted by atomic mass is 35.5. The zero-order valence-corrected chi connectivity index (χ0v) is 13.1. The fraction of sp³-hybridized carbons (Fsp3) is 0.333. The number of nitrogens with two attached hydrogens (primary N) is 4. The molecule has 0 aliphatic carbocycles. The van der Waals surface area contributed by atoms with Crippen LogP contribution in [0, 0.1) is 10.1 Å². The summed E-state index contributed by atoms with van der Waals surface area (Å²) in [5.74, 6) is -0.987. The number of aliphatic carboxylic acids is 1. The summed E-state index contributed by atoms with van der Waals surface area (Å²) in [5.41, 5.74) is 21.2. The molecule has 0 amide bonds. The number of nitro benzene ring substituents is 1. The number of benzene rings is 1. The van der Waals surface area contributed by atoms with E-state index in [0.717, 1.165) is 0 Å². The maximum Gasteiger partial charge on any atom is 0.320 e. The molecular formula is C12H21ClN6O4. The number of hydrogen-bond acceptors (Lipinski definition) is 6. The Balaban J connectivity index is 0. The molecule has 1 aromatic carbocycles. The predicted octanol–water partition coefficient (Wildman–Crippen LogP) is 0.0507. The smallest absolute Gasteiger partial charge is 0.320 e. The molecule has 0 saturated heterocycles.